The highest BCUT2D eigenvalue weighted by Crippen LogP contribution is 2.50. The first-order valence-corrected chi connectivity index (χ1v) is 5.70. The predicted molar refractivity (Wildman–Crippen MR) is 54.9 cm³/mol. The van der Waals surface area contributed by atoms with Crippen LogP contribution in [0.25, 0.3) is 0 Å². The van der Waals surface area contributed by atoms with E-state index in [0.717, 1.165) is 19.3 Å². The second kappa shape index (κ2) is 4.23. The Morgan fingerprint density at radius 3 is 2.56 bits per heavy atom. The van der Waals surface area contributed by atoms with Gasteiger partial charge in [0.2, 0.25) is 11.6 Å². The van der Waals surface area contributed by atoms with Gasteiger partial charge < -0.3 is 4.74 Å². The van der Waals surface area contributed by atoms with E-state index in [-0.39, 0.29) is 5.92 Å². The zero-order valence-corrected chi connectivity index (χ0v) is 10.3. The van der Waals surface area contributed by atoms with Crippen LogP contribution in [0.15, 0.2) is 0 Å². The van der Waals surface area contributed by atoms with Crippen molar-refractivity contribution in [2.45, 2.75) is 44.7 Å². The molecule has 16 heavy (non-hydrogen) atoms. The molecule has 94 valence electrons. The third kappa shape index (κ3) is 1.76. The van der Waals surface area contributed by atoms with Crippen molar-refractivity contribution in [3.8, 4) is 0 Å². The lowest BCUT2D eigenvalue weighted by Gasteiger charge is -2.51. The van der Waals surface area contributed by atoms with Crippen molar-refractivity contribution in [2.24, 2.45) is 11.8 Å². The van der Waals surface area contributed by atoms with Gasteiger partial charge in [0.25, 0.3) is 0 Å². The molecular weight excluding hydrogens is 212 g/mol. The summed E-state index contributed by atoms with van der Waals surface area (Å²) in [6.07, 6.45) is 2.82. The van der Waals surface area contributed by atoms with Crippen molar-refractivity contribution < 1.29 is 24.3 Å². The fraction of sp³-hybridized carbons (Fsp3) is 1.00. The van der Waals surface area contributed by atoms with Crippen LogP contribution in [0.1, 0.15) is 33.1 Å². The van der Waals surface area contributed by atoms with Gasteiger partial charge in [-0.15, -0.1) is 0 Å². The highest BCUT2D eigenvalue weighted by atomic mass is 17.3. The van der Waals surface area contributed by atoms with E-state index in [9.17, 15) is 0 Å². The van der Waals surface area contributed by atoms with Crippen molar-refractivity contribution in [3.63, 3.8) is 0 Å². The zero-order chi connectivity index (χ0) is 11.8. The lowest BCUT2D eigenvalue weighted by Crippen LogP contribution is -2.58. The van der Waals surface area contributed by atoms with Crippen molar-refractivity contribution in [2.75, 3.05) is 14.2 Å². The predicted octanol–water partition coefficient (Wildman–Crippen LogP) is 2.02. The number of hydrogen-bond acceptors (Lipinski definition) is 5. The zero-order valence-electron chi connectivity index (χ0n) is 10.3. The Morgan fingerprint density at radius 1 is 1.19 bits per heavy atom. The lowest BCUT2D eigenvalue weighted by molar-refractivity contribution is -0.590. The van der Waals surface area contributed by atoms with Gasteiger partial charge in [0, 0.05) is 25.4 Å². The van der Waals surface area contributed by atoms with E-state index < -0.39 is 11.6 Å². The second-order valence-corrected chi connectivity index (χ2v) is 4.83. The molecule has 1 saturated carbocycles. The number of hydrogen-bond donors (Lipinski definition) is 0. The first-order valence-electron chi connectivity index (χ1n) is 5.70. The molecule has 5 nitrogen and oxygen atoms in total. The molecule has 1 heterocycles. The van der Waals surface area contributed by atoms with Gasteiger partial charge >= 0.3 is 0 Å². The summed E-state index contributed by atoms with van der Waals surface area (Å²) in [5.41, 5.74) is 0. The van der Waals surface area contributed by atoms with Gasteiger partial charge in [0.05, 0.1) is 7.11 Å². The van der Waals surface area contributed by atoms with Crippen molar-refractivity contribution >= 4 is 0 Å². The van der Waals surface area contributed by atoms with Crippen molar-refractivity contribution in [3.05, 3.63) is 0 Å². The van der Waals surface area contributed by atoms with Gasteiger partial charge in [-0.3, -0.25) is 0 Å². The fourth-order valence-electron chi connectivity index (χ4n) is 2.67. The number of fused-ring (bicyclic) bond motifs is 2. The maximum atomic E-state index is 5.49. The summed E-state index contributed by atoms with van der Waals surface area (Å²) >= 11 is 0. The van der Waals surface area contributed by atoms with Crippen LogP contribution in [0.4, 0.5) is 0 Å². The van der Waals surface area contributed by atoms with Gasteiger partial charge in [-0.2, -0.15) is 14.7 Å². The van der Waals surface area contributed by atoms with Crippen LogP contribution < -0.4 is 0 Å². The maximum absolute atomic E-state index is 5.49. The molecule has 2 aliphatic rings. The summed E-state index contributed by atoms with van der Waals surface area (Å²) in [6, 6.07) is 0. The minimum atomic E-state index is -0.836. The van der Waals surface area contributed by atoms with Gasteiger partial charge in [0.15, 0.2) is 0 Å². The molecule has 0 unspecified atom stereocenters. The lowest BCUT2D eigenvalue weighted by atomic mass is 9.74. The molecule has 0 N–H and O–H groups in total. The summed E-state index contributed by atoms with van der Waals surface area (Å²) in [6.45, 7) is 3.94. The monoisotopic (exact) mass is 232 g/mol. The third-order valence-electron chi connectivity index (χ3n) is 3.91. The molecule has 1 saturated heterocycles. The molecule has 1 aliphatic heterocycles. The highest BCUT2D eigenvalue weighted by Gasteiger charge is 2.57. The Kier molecular flexibility index (Phi) is 3.25. The molecule has 0 spiro atoms. The molecule has 0 aromatic heterocycles. The highest BCUT2D eigenvalue weighted by molar-refractivity contribution is 4.92. The first-order chi connectivity index (χ1) is 7.56. The molecule has 0 aromatic carbocycles. The summed E-state index contributed by atoms with van der Waals surface area (Å²) in [5, 5.41) is 0. The normalized spacial score (nSPS) is 48.0. The van der Waals surface area contributed by atoms with Gasteiger partial charge in [-0.25, -0.2) is 4.89 Å². The van der Waals surface area contributed by atoms with Gasteiger partial charge in [-0.05, 0) is 19.8 Å². The minimum Gasteiger partial charge on any atom is -0.350 e. The quantitative estimate of drug-likeness (QED) is 0.550. The van der Waals surface area contributed by atoms with Crippen LogP contribution in [0.5, 0.6) is 0 Å². The average molecular weight is 232 g/mol. The van der Waals surface area contributed by atoms with Gasteiger partial charge in [0.1, 0.15) is 0 Å². The van der Waals surface area contributed by atoms with E-state index in [1.54, 1.807) is 7.11 Å². The minimum absolute atomic E-state index is 0.220. The summed E-state index contributed by atoms with van der Waals surface area (Å²) in [4.78, 5) is 20.7. The average Bonchev–Trinajstić information content (AvgIpc) is 2.28. The molecule has 0 radical (unpaired) electrons. The van der Waals surface area contributed by atoms with Crippen molar-refractivity contribution in [1.82, 2.24) is 0 Å². The Morgan fingerprint density at radius 2 is 1.94 bits per heavy atom. The van der Waals surface area contributed by atoms with Gasteiger partial charge in [-0.1, -0.05) is 6.92 Å². The Labute approximate surface area is 95.8 Å². The van der Waals surface area contributed by atoms with E-state index in [1.807, 2.05) is 6.92 Å². The fourth-order valence-corrected chi connectivity index (χ4v) is 2.67. The van der Waals surface area contributed by atoms with Crippen molar-refractivity contribution in [1.29, 1.82) is 0 Å². The largest absolute Gasteiger partial charge is 0.350 e. The molecule has 0 amide bonds. The molecule has 4 atom stereocenters. The number of methoxy groups -OCH3 is 1. The second-order valence-electron chi connectivity index (χ2n) is 4.83. The topological polar surface area (TPSA) is 46.2 Å². The standard InChI is InChI=1S/C11H20O5/c1-8-5-6-9-7-11(8,12-3)16-15-10(9,2)14-13-4/h8-9H,5-7H2,1-4H3/t8-,9-,10-,11-/m0/s1. The van der Waals surface area contributed by atoms with Crippen LogP contribution in [0.3, 0.4) is 0 Å². The van der Waals surface area contributed by atoms with Crippen LogP contribution in [-0.2, 0) is 24.3 Å². The Hall–Kier alpha value is -0.200. The summed E-state index contributed by atoms with van der Waals surface area (Å²) in [7, 11) is 3.13. The van der Waals surface area contributed by atoms with E-state index in [2.05, 4.69) is 6.92 Å². The number of rotatable bonds is 3. The van der Waals surface area contributed by atoms with Crippen LogP contribution >= 0.6 is 0 Å². The van der Waals surface area contributed by atoms with E-state index >= 15 is 0 Å². The first kappa shape index (κ1) is 12.3. The van der Waals surface area contributed by atoms with Crippen LogP contribution in [0, 0.1) is 11.8 Å². The molecule has 1 aliphatic carbocycles. The molecule has 2 bridgehead atoms. The summed E-state index contributed by atoms with van der Waals surface area (Å²) < 4.78 is 5.49. The molecule has 0 aromatic rings. The molecule has 5 heteroatoms. The Bertz CT molecular complexity index is 259. The van der Waals surface area contributed by atoms with Crippen LogP contribution in [0.2, 0.25) is 0 Å². The SMILES string of the molecule is COO[C@@]1(C)OO[C@@]2(OC)C[C@@H]1CC[C@@H]2C. The molecule has 2 fully saturated rings. The van der Waals surface area contributed by atoms with E-state index in [1.165, 1.54) is 7.11 Å². The number of ether oxygens (including phenoxy) is 1. The summed E-state index contributed by atoms with van der Waals surface area (Å²) in [5.74, 6) is -0.922. The van der Waals surface area contributed by atoms with Crippen LogP contribution in [-0.4, -0.2) is 25.8 Å². The molecule has 2 rings (SSSR count). The Balaban J connectivity index is 2.15. The van der Waals surface area contributed by atoms with E-state index in [0.29, 0.717) is 5.92 Å². The maximum Gasteiger partial charge on any atom is 0.234 e. The van der Waals surface area contributed by atoms with E-state index in [4.69, 9.17) is 24.3 Å². The molecular formula is C11H20O5. The smallest absolute Gasteiger partial charge is 0.234 e. The third-order valence-corrected chi connectivity index (χ3v) is 3.91.